The summed E-state index contributed by atoms with van der Waals surface area (Å²) in [5.74, 6) is 2.49. The first-order chi connectivity index (χ1) is 13.4. The van der Waals surface area contributed by atoms with Crippen molar-refractivity contribution in [3.05, 3.63) is 41.5 Å². The maximum atomic E-state index is 13.4. The van der Waals surface area contributed by atoms with Gasteiger partial charge in [-0.2, -0.15) is 0 Å². The van der Waals surface area contributed by atoms with Crippen LogP contribution in [0, 0.1) is 0 Å². The maximum Gasteiger partial charge on any atom is 0.287 e. The van der Waals surface area contributed by atoms with E-state index in [-0.39, 0.29) is 12.7 Å². The Balaban J connectivity index is 1.74. The topological polar surface area (TPSA) is 66.0 Å². The van der Waals surface area contributed by atoms with Gasteiger partial charge in [-0.3, -0.25) is 4.79 Å². The molecule has 2 aromatic rings. The summed E-state index contributed by atoms with van der Waals surface area (Å²) in [4.78, 5) is 13.4. The molecule has 0 unspecified atom stereocenters. The molecule has 28 heavy (non-hydrogen) atoms. The van der Waals surface area contributed by atoms with Gasteiger partial charge in [0.05, 0.1) is 40.4 Å². The van der Waals surface area contributed by atoms with Crippen LogP contribution in [0.25, 0.3) is 0 Å². The number of nitrogens with one attached hydrogen (secondary N) is 1. The third-order valence-corrected chi connectivity index (χ3v) is 5.48. The number of carbonyl (C=O) groups excluding carboxylic acids is 1. The van der Waals surface area contributed by atoms with E-state index in [0.717, 1.165) is 35.5 Å². The van der Waals surface area contributed by atoms with E-state index in [0.29, 0.717) is 21.7 Å². The number of hydrogen-bond donors (Lipinski definition) is 1. The minimum absolute atomic E-state index is 0.0896. The van der Waals surface area contributed by atoms with Crippen LogP contribution in [-0.2, 0) is 11.2 Å². The molecule has 0 aromatic heterocycles. The lowest BCUT2D eigenvalue weighted by atomic mass is 9.88. The predicted octanol–water partition coefficient (Wildman–Crippen LogP) is 2.74. The highest BCUT2D eigenvalue weighted by atomic mass is 16.7. The number of quaternary nitrogens is 1. The van der Waals surface area contributed by atoms with Gasteiger partial charge in [0.15, 0.2) is 17.5 Å². The zero-order valence-corrected chi connectivity index (χ0v) is 16.6. The number of likely N-dealkylation sites (N-methyl/N-ethyl adjacent to an activating group) is 1. The highest BCUT2D eigenvalue weighted by Crippen LogP contribution is 2.50. The molecule has 2 aliphatic rings. The first kappa shape index (κ1) is 18.4. The lowest BCUT2D eigenvalue weighted by Gasteiger charge is -2.42. The summed E-state index contributed by atoms with van der Waals surface area (Å²) in [6, 6.07) is 8.85. The standard InChI is InChI=1S/C21H24N2O5/c1-23(2)10-9-13-11-16-19(28-12-27-16)20(26-4)17(13)18(23)21(24)22-14-5-7-15(25-3)8-6-14/h5-8,11,18H,9-10,12H2,1-4H3/p+1/t18-/m1/s1. The van der Waals surface area contributed by atoms with Gasteiger partial charge in [-0.05, 0) is 35.9 Å². The molecule has 148 valence electrons. The van der Waals surface area contributed by atoms with Crippen LogP contribution in [0.3, 0.4) is 0 Å². The van der Waals surface area contributed by atoms with Gasteiger partial charge in [0.1, 0.15) is 5.75 Å². The van der Waals surface area contributed by atoms with E-state index in [1.807, 2.05) is 30.3 Å². The van der Waals surface area contributed by atoms with Gasteiger partial charge < -0.3 is 28.7 Å². The van der Waals surface area contributed by atoms with E-state index < -0.39 is 6.04 Å². The quantitative estimate of drug-likeness (QED) is 0.820. The number of benzene rings is 2. The van der Waals surface area contributed by atoms with E-state index in [2.05, 4.69) is 19.4 Å². The van der Waals surface area contributed by atoms with Gasteiger partial charge in [-0.15, -0.1) is 0 Å². The SMILES string of the molecule is COc1ccc(NC(=O)[C@H]2c3c(cc4c(c3OC)OCO4)CC[N+]2(C)C)cc1. The fourth-order valence-corrected chi connectivity index (χ4v) is 4.01. The molecule has 0 aliphatic carbocycles. The van der Waals surface area contributed by atoms with Crippen LogP contribution >= 0.6 is 0 Å². The minimum atomic E-state index is -0.435. The van der Waals surface area contributed by atoms with Crippen molar-refractivity contribution in [2.45, 2.75) is 12.5 Å². The minimum Gasteiger partial charge on any atom is -0.497 e. The third-order valence-electron chi connectivity index (χ3n) is 5.48. The van der Waals surface area contributed by atoms with Crippen molar-refractivity contribution in [1.82, 2.24) is 0 Å². The van der Waals surface area contributed by atoms with Gasteiger partial charge in [0.25, 0.3) is 5.91 Å². The molecule has 2 aliphatic heterocycles. The monoisotopic (exact) mass is 385 g/mol. The number of carbonyl (C=O) groups is 1. The fraction of sp³-hybridized carbons (Fsp3) is 0.381. The molecule has 0 fully saturated rings. The number of ether oxygens (including phenoxy) is 4. The number of anilines is 1. The van der Waals surface area contributed by atoms with Crippen LogP contribution in [0.1, 0.15) is 17.2 Å². The molecule has 2 heterocycles. The Hall–Kier alpha value is -2.93. The number of rotatable bonds is 4. The van der Waals surface area contributed by atoms with Crippen LogP contribution in [0.15, 0.2) is 30.3 Å². The molecule has 4 rings (SSSR count). The van der Waals surface area contributed by atoms with Crippen LogP contribution in [0.2, 0.25) is 0 Å². The Bertz CT molecular complexity index is 908. The molecule has 1 atom stereocenters. The highest BCUT2D eigenvalue weighted by molar-refractivity contribution is 5.96. The van der Waals surface area contributed by atoms with Crippen molar-refractivity contribution >= 4 is 11.6 Å². The molecular weight excluding hydrogens is 360 g/mol. The molecule has 0 saturated heterocycles. The van der Waals surface area contributed by atoms with Crippen molar-refractivity contribution < 1.29 is 28.2 Å². The second-order valence-electron chi connectivity index (χ2n) is 7.59. The third kappa shape index (κ3) is 3.01. The summed E-state index contributed by atoms with van der Waals surface area (Å²) >= 11 is 0. The summed E-state index contributed by atoms with van der Waals surface area (Å²) < 4.78 is 22.6. The second kappa shape index (κ2) is 6.91. The number of fused-ring (bicyclic) bond motifs is 2. The van der Waals surface area contributed by atoms with Crippen LogP contribution in [-0.4, -0.2) is 52.0 Å². The highest BCUT2D eigenvalue weighted by Gasteiger charge is 2.45. The first-order valence-corrected chi connectivity index (χ1v) is 9.21. The van der Waals surface area contributed by atoms with E-state index in [4.69, 9.17) is 18.9 Å². The Kier molecular flexibility index (Phi) is 4.55. The Labute approximate surface area is 164 Å². The molecule has 1 N–H and O–H groups in total. The largest absolute Gasteiger partial charge is 0.497 e. The van der Waals surface area contributed by atoms with Crippen molar-refractivity contribution in [2.75, 3.05) is 47.0 Å². The summed E-state index contributed by atoms with van der Waals surface area (Å²) in [5.41, 5.74) is 2.65. The van der Waals surface area contributed by atoms with Gasteiger partial charge >= 0.3 is 0 Å². The lowest BCUT2D eigenvalue weighted by molar-refractivity contribution is -0.913. The summed E-state index contributed by atoms with van der Waals surface area (Å²) in [6.07, 6.45) is 0.835. The summed E-state index contributed by atoms with van der Waals surface area (Å²) in [7, 11) is 7.34. The summed E-state index contributed by atoms with van der Waals surface area (Å²) in [5, 5.41) is 3.04. The normalized spacial score (nSPS) is 18.9. The Morgan fingerprint density at radius 2 is 1.89 bits per heavy atom. The average molecular weight is 385 g/mol. The van der Waals surface area contributed by atoms with Crippen molar-refractivity contribution in [3.63, 3.8) is 0 Å². The average Bonchev–Trinajstić information content (AvgIpc) is 3.14. The van der Waals surface area contributed by atoms with E-state index in [1.165, 1.54) is 0 Å². The van der Waals surface area contributed by atoms with Gasteiger partial charge in [-0.1, -0.05) is 0 Å². The molecule has 0 bridgehead atoms. The molecule has 7 nitrogen and oxygen atoms in total. The first-order valence-electron chi connectivity index (χ1n) is 9.21. The predicted molar refractivity (Wildman–Crippen MR) is 104 cm³/mol. The Morgan fingerprint density at radius 3 is 2.57 bits per heavy atom. The maximum absolute atomic E-state index is 13.4. The molecule has 2 aromatic carbocycles. The summed E-state index contributed by atoms with van der Waals surface area (Å²) in [6.45, 7) is 0.992. The number of hydrogen-bond acceptors (Lipinski definition) is 5. The fourth-order valence-electron chi connectivity index (χ4n) is 4.01. The number of methoxy groups -OCH3 is 2. The Morgan fingerprint density at radius 1 is 1.14 bits per heavy atom. The van der Waals surface area contributed by atoms with Crippen LogP contribution in [0.4, 0.5) is 5.69 Å². The number of nitrogens with zero attached hydrogens (tertiary/aromatic N) is 1. The van der Waals surface area contributed by atoms with Crippen molar-refractivity contribution in [1.29, 1.82) is 0 Å². The molecule has 1 amide bonds. The van der Waals surface area contributed by atoms with Crippen LogP contribution in [0.5, 0.6) is 23.0 Å². The van der Waals surface area contributed by atoms with Gasteiger partial charge in [-0.25, -0.2) is 0 Å². The number of amides is 1. The van der Waals surface area contributed by atoms with Crippen molar-refractivity contribution in [2.24, 2.45) is 0 Å². The molecule has 7 heteroatoms. The van der Waals surface area contributed by atoms with E-state index in [9.17, 15) is 4.79 Å². The zero-order valence-electron chi connectivity index (χ0n) is 16.6. The van der Waals surface area contributed by atoms with Crippen molar-refractivity contribution in [3.8, 4) is 23.0 Å². The van der Waals surface area contributed by atoms with Gasteiger partial charge in [0.2, 0.25) is 12.5 Å². The molecular formula is C21H25N2O5+. The molecule has 0 saturated carbocycles. The second-order valence-corrected chi connectivity index (χ2v) is 7.59. The molecule has 0 spiro atoms. The smallest absolute Gasteiger partial charge is 0.287 e. The zero-order chi connectivity index (χ0) is 19.9. The molecule has 0 radical (unpaired) electrons. The van der Waals surface area contributed by atoms with Gasteiger partial charge in [0, 0.05) is 12.1 Å². The van der Waals surface area contributed by atoms with Crippen LogP contribution < -0.4 is 24.3 Å². The van der Waals surface area contributed by atoms with E-state index >= 15 is 0 Å². The van der Waals surface area contributed by atoms with E-state index in [1.54, 1.807) is 14.2 Å². The lowest BCUT2D eigenvalue weighted by Crippen LogP contribution is -2.52.